The van der Waals surface area contributed by atoms with Crippen LogP contribution in [-0.4, -0.2) is 29.5 Å². The van der Waals surface area contributed by atoms with E-state index in [-0.39, 0.29) is 11.5 Å². The lowest BCUT2D eigenvalue weighted by Crippen LogP contribution is -2.07. The molecule has 3 aromatic heterocycles. The van der Waals surface area contributed by atoms with Crippen LogP contribution >= 0.6 is 0 Å². The second kappa shape index (κ2) is 8.07. The molecule has 0 radical (unpaired) electrons. The summed E-state index contributed by atoms with van der Waals surface area (Å²) in [7, 11) is 1.86. The highest BCUT2D eigenvalue weighted by molar-refractivity contribution is 5.65. The fourth-order valence-corrected chi connectivity index (χ4v) is 3.59. The Hall–Kier alpha value is -3.93. The minimum atomic E-state index is -2.66. The van der Waals surface area contributed by atoms with Crippen LogP contribution in [-0.2, 0) is 13.5 Å². The van der Waals surface area contributed by atoms with E-state index in [1.165, 1.54) is 12.4 Å². The van der Waals surface area contributed by atoms with Crippen LogP contribution < -0.4 is 0 Å². The molecule has 9 heteroatoms. The van der Waals surface area contributed by atoms with Crippen LogP contribution in [0.1, 0.15) is 40.3 Å². The molecule has 1 aromatic carbocycles. The number of benzene rings is 1. The van der Waals surface area contributed by atoms with Gasteiger partial charge in [-0.25, -0.2) is 23.4 Å². The van der Waals surface area contributed by atoms with E-state index >= 15 is 0 Å². The number of halogens is 2. The fourth-order valence-electron chi connectivity index (χ4n) is 3.59. The quantitative estimate of drug-likeness (QED) is 0.487. The van der Waals surface area contributed by atoms with Gasteiger partial charge in [0.1, 0.15) is 12.0 Å². The molecule has 7 nitrogen and oxygen atoms in total. The number of nitriles is 1. The highest BCUT2D eigenvalue weighted by Gasteiger charge is 2.19. The number of aryl methyl sites for hydroxylation is 2. The number of nitrogens with zero attached hydrogens (tertiary/aromatic N) is 7. The van der Waals surface area contributed by atoms with Crippen LogP contribution in [0.4, 0.5) is 8.78 Å². The molecule has 0 amide bonds. The van der Waals surface area contributed by atoms with Gasteiger partial charge in [-0.15, -0.1) is 0 Å². The Balaban J connectivity index is 1.67. The van der Waals surface area contributed by atoms with Gasteiger partial charge in [0.05, 0.1) is 34.4 Å². The maximum Gasteiger partial charge on any atom is 0.280 e. The standard InChI is InChI=1S/C22H19F2N7/c1-13-8-19(22(23)24)31(28-13)20-10-17(26-12-27-20)9-18-14(2)21(30(3)29-18)16-6-4-15(11-25)5-7-16/h4-8,10,12,22H,9H2,1-3H3. The molecular weight excluding hydrogens is 400 g/mol. The van der Waals surface area contributed by atoms with Crippen molar-refractivity contribution in [2.24, 2.45) is 7.05 Å². The summed E-state index contributed by atoms with van der Waals surface area (Å²) < 4.78 is 29.6. The van der Waals surface area contributed by atoms with Crippen molar-refractivity contribution in [2.75, 3.05) is 0 Å². The lowest BCUT2D eigenvalue weighted by Gasteiger charge is -2.07. The minimum Gasteiger partial charge on any atom is -0.267 e. The SMILES string of the molecule is Cc1cc(C(F)F)n(-c2cc(Cc3nn(C)c(-c4ccc(C#N)cc4)c3C)ncn2)n1. The molecule has 156 valence electrons. The van der Waals surface area contributed by atoms with Crippen LogP contribution in [0.15, 0.2) is 42.7 Å². The van der Waals surface area contributed by atoms with Gasteiger partial charge in [-0.2, -0.15) is 15.5 Å². The zero-order chi connectivity index (χ0) is 22.1. The molecule has 0 fully saturated rings. The Morgan fingerprint density at radius 2 is 1.81 bits per heavy atom. The second-order valence-corrected chi connectivity index (χ2v) is 7.20. The van der Waals surface area contributed by atoms with Crippen LogP contribution in [0.25, 0.3) is 17.1 Å². The first kappa shape index (κ1) is 20.3. The van der Waals surface area contributed by atoms with Crippen LogP contribution in [0.3, 0.4) is 0 Å². The zero-order valence-electron chi connectivity index (χ0n) is 17.2. The van der Waals surface area contributed by atoms with Crippen molar-refractivity contribution in [3.8, 4) is 23.1 Å². The topological polar surface area (TPSA) is 85.2 Å². The van der Waals surface area contributed by atoms with Crippen molar-refractivity contribution in [3.05, 3.63) is 76.6 Å². The summed E-state index contributed by atoms with van der Waals surface area (Å²) in [5.41, 5.74) is 5.21. The first-order valence-electron chi connectivity index (χ1n) is 9.56. The molecule has 0 saturated carbocycles. The zero-order valence-corrected chi connectivity index (χ0v) is 17.2. The fraction of sp³-hybridized carbons (Fsp3) is 0.227. The first-order valence-corrected chi connectivity index (χ1v) is 9.56. The van der Waals surface area contributed by atoms with E-state index < -0.39 is 6.43 Å². The molecule has 0 aliphatic carbocycles. The van der Waals surface area contributed by atoms with Crippen LogP contribution in [0.2, 0.25) is 0 Å². The molecule has 0 spiro atoms. The first-order chi connectivity index (χ1) is 14.9. The van der Waals surface area contributed by atoms with Crippen molar-refractivity contribution in [2.45, 2.75) is 26.7 Å². The minimum absolute atomic E-state index is 0.209. The predicted molar refractivity (Wildman–Crippen MR) is 110 cm³/mol. The Kier molecular flexibility index (Phi) is 5.29. The van der Waals surface area contributed by atoms with Gasteiger partial charge >= 0.3 is 0 Å². The highest BCUT2D eigenvalue weighted by Crippen LogP contribution is 2.27. The van der Waals surface area contributed by atoms with E-state index in [1.807, 2.05) is 26.1 Å². The predicted octanol–water partition coefficient (Wildman–Crippen LogP) is 4.08. The van der Waals surface area contributed by atoms with Crippen molar-refractivity contribution < 1.29 is 8.78 Å². The van der Waals surface area contributed by atoms with Gasteiger partial charge in [-0.3, -0.25) is 4.68 Å². The van der Waals surface area contributed by atoms with E-state index in [0.717, 1.165) is 27.2 Å². The molecule has 0 atom stereocenters. The molecule has 0 aliphatic rings. The largest absolute Gasteiger partial charge is 0.280 e. The van der Waals surface area contributed by atoms with Crippen molar-refractivity contribution in [3.63, 3.8) is 0 Å². The Labute approximate surface area is 177 Å². The van der Waals surface area contributed by atoms with Gasteiger partial charge < -0.3 is 0 Å². The average molecular weight is 419 g/mol. The average Bonchev–Trinajstić information content (AvgIpc) is 3.28. The number of alkyl halides is 2. The van der Waals surface area contributed by atoms with Gasteiger partial charge in [0.25, 0.3) is 6.43 Å². The monoisotopic (exact) mass is 419 g/mol. The third-order valence-corrected chi connectivity index (χ3v) is 5.03. The smallest absolute Gasteiger partial charge is 0.267 e. The van der Waals surface area contributed by atoms with Gasteiger partial charge in [-0.05, 0) is 37.6 Å². The molecule has 0 saturated heterocycles. The maximum atomic E-state index is 13.3. The number of hydrogen-bond donors (Lipinski definition) is 0. The van der Waals surface area contributed by atoms with Gasteiger partial charge in [0.15, 0.2) is 5.82 Å². The second-order valence-electron chi connectivity index (χ2n) is 7.20. The summed E-state index contributed by atoms with van der Waals surface area (Å²) in [4.78, 5) is 8.41. The summed E-state index contributed by atoms with van der Waals surface area (Å²) in [6, 6.07) is 12.4. The lowest BCUT2D eigenvalue weighted by atomic mass is 10.0. The van der Waals surface area contributed by atoms with Crippen LogP contribution in [0, 0.1) is 25.2 Å². The summed E-state index contributed by atoms with van der Waals surface area (Å²) in [5.74, 6) is 0.286. The molecule has 0 bridgehead atoms. The lowest BCUT2D eigenvalue weighted by molar-refractivity contribution is 0.142. The van der Waals surface area contributed by atoms with E-state index in [0.29, 0.717) is 23.4 Å². The molecule has 0 aliphatic heterocycles. The molecule has 4 aromatic rings. The summed E-state index contributed by atoms with van der Waals surface area (Å²) in [5, 5.41) is 17.8. The Bertz CT molecular complexity index is 1280. The van der Waals surface area contributed by atoms with E-state index in [1.54, 1.807) is 29.8 Å². The van der Waals surface area contributed by atoms with E-state index in [2.05, 4.69) is 26.2 Å². The van der Waals surface area contributed by atoms with Crippen molar-refractivity contribution in [1.29, 1.82) is 5.26 Å². The van der Waals surface area contributed by atoms with Crippen molar-refractivity contribution >= 4 is 0 Å². The summed E-state index contributed by atoms with van der Waals surface area (Å²) >= 11 is 0. The van der Waals surface area contributed by atoms with Gasteiger partial charge in [0.2, 0.25) is 0 Å². The van der Waals surface area contributed by atoms with E-state index in [4.69, 9.17) is 5.26 Å². The number of aromatic nitrogens is 6. The van der Waals surface area contributed by atoms with Crippen LogP contribution in [0.5, 0.6) is 0 Å². The van der Waals surface area contributed by atoms with Gasteiger partial charge in [-0.1, -0.05) is 12.1 Å². The third-order valence-electron chi connectivity index (χ3n) is 5.03. The third kappa shape index (κ3) is 3.92. The van der Waals surface area contributed by atoms with Crippen molar-refractivity contribution in [1.82, 2.24) is 29.5 Å². The summed E-state index contributed by atoms with van der Waals surface area (Å²) in [6.07, 6.45) is -0.903. The molecule has 3 heterocycles. The maximum absolute atomic E-state index is 13.3. The molecule has 31 heavy (non-hydrogen) atoms. The molecule has 0 N–H and O–H groups in total. The number of hydrogen-bond acceptors (Lipinski definition) is 5. The molecule has 4 rings (SSSR count). The number of rotatable bonds is 5. The Morgan fingerprint density at radius 1 is 1.06 bits per heavy atom. The Morgan fingerprint density at radius 3 is 2.48 bits per heavy atom. The summed E-state index contributed by atoms with van der Waals surface area (Å²) in [6.45, 7) is 3.64. The molecule has 0 unspecified atom stereocenters. The van der Waals surface area contributed by atoms with E-state index in [9.17, 15) is 8.78 Å². The normalized spacial score (nSPS) is 11.1. The highest BCUT2D eigenvalue weighted by atomic mass is 19.3. The van der Waals surface area contributed by atoms with Gasteiger partial charge in [0, 0.05) is 25.1 Å². The molecular formula is C22H19F2N7.